The van der Waals surface area contributed by atoms with Crippen LogP contribution in [0.5, 0.6) is 0 Å². The van der Waals surface area contributed by atoms with Crippen LogP contribution in [0, 0.1) is 5.92 Å². The van der Waals surface area contributed by atoms with Crippen molar-refractivity contribution >= 4 is 29.6 Å². The predicted molar refractivity (Wildman–Crippen MR) is 102 cm³/mol. The Labute approximate surface area is 158 Å². The maximum atomic E-state index is 12.7. The summed E-state index contributed by atoms with van der Waals surface area (Å²) < 4.78 is 0. The minimum atomic E-state index is -0.807. The summed E-state index contributed by atoms with van der Waals surface area (Å²) in [7, 11) is 0. The van der Waals surface area contributed by atoms with Crippen LogP contribution in [0.1, 0.15) is 38.3 Å². The van der Waals surface area contributed by atoms with E-state index in [1.165, 1.54) is 0 Å². The van der Waals surface area contributed by atoms with Crippen molar-refractivity contribution in [3.8, 4) is 0 Å². The minimum Gasteiger partial charge on any atom is -0.348 e. The summed E-state index contributed by atoms with van der Waals surface area (Å²) in [6, 6.07) is 9.16. The van der Waals surface area contributed by atoms with Gasteiger partial charge in [-0.2, -0.15) is 11.8 Å². The third kappa shape index (κ3) is 3.87. The number of amides is 4. The van der Waals surface area contributed by atoms with E-state index in [0.717, 1.165) is 22.6 Å². The Hall–Kier alpha value is -2.02. The summed E-state index contributed by atoms with van der Waals surface area (Å²) in [6.07, 6.45) is 1.41. The fourth-order valence-corrected chi connectivity index (χ4v) is 4.80. The molecule has 1 spiro atoms. The summed E-state index contributed by atoms with van der Waals surface area (Å²) >= 11 is 1.65. The SMILES string of the molecule is CC(C)CC(NC(=O)CN1C(=O)NC2(CCSC2)C1=O)c1ccccc1. The van der Waals surface area contributed by atoms with Crippen molar-refractivity contribution in [1.29, 1.82) is 0 Å². The lowest BCUT2D eigenvalue weighted by atomic mass is 9.97. The number of thioether (sulfide) groups is 1. The van der Waals surface area contributed by atoms with Gasteiger partial charge in [-0.15, -0.1) is 0 Å². The zero-order valence-corrected chi connectivity index (χ0v) is 16.0. The second-order valence-electron chi connectivity index (χ2n) is 7.37. The van der Waals surface area contributed by atoms with Gasteiger partial charge in [0.1, 0.15) is 12.1 Å². The van der Waals surface area contributed by atoms with Gasteiger partial charge in [0.2, 0.25) is 5.91 Å². The molecule has 2 heterocycles. The fraction of sp³-hybridized carbons (Fsp3) is 0.526. The third-order valence-corrected chi connectivity index (χ3v) is 6.00. The summed E-state index contributed by atoms with van der Waals surface area (Å²) in [5, 5.41) is 5.78. The Kier molecular flexibility index (Phi) is 5.55. The average Bonchev–Trinajstić information content (AvgIpc) is 3.16. The van der Waals surface area contributed by atoms with Crippen LogP contribution in [0.25, 0.3) is 0 Å². The van der Waals surface area contributed by atoms with E-state index in [1.54, 1.807) is 11.8 Å². The highest BCUT2D eigenvalue weighted by Gasteiger charge is 2.53. The quantitative estimate of drug-likeness (QED) is 0.748. The Morgan fingerprint density at radius 3 is 2.65 bits per heavy atom. The van der Waals surface area contributed by atoms with Crippen LogP contribution >= 0.6 is 11.8 Å². The van der Waals surface area contributed by atoms with Gasteiger partial charge < -0.3 is 10.6 Å². The van der Waals surface area contributed by atoms with E-state index >= 15 is 0 Å². The van der Waals surface area contributed by atoms with E-state index in [1.807, 2.05) is 30.3 Å². The van der Waals surface area contributed by atoms with Crippen molar-refractivity contribution in [3.63, 3.8) is 0 Å². The Morgan fingerprint density at radius 1 is 1.31 bits per heavy atom. The lowest BCUT2D eigenvalue weighted by molar-refractivity contribution is -0.134. The lowest BCUT2D eigenvalue weighted by Crippen LogP contribution is -2.48. The average molecular weight is 375 g/mol. The van der Waals surface area contributed by atoms with Gasteiger partial charge in [-0.3, -0.25) is 14.5 Å². The molecule has 2 unspecified atom stereocenters. The Morgan fingerprint density at radius 2 is 2.04 bits per heavy atom. The van der Waals surface area contributed by atoms with Crippen molar-refractivity contribution in [1.82, 2.24) is 15.5 Å². The second kappa shape index (κ2) is 7.70. The molecule has 6 nitrogen and oxygen atoms in total. The molecule has 2 fully saturated rings. The molecule has 0 radical (unpaired) electrons. The summed E-state index contributed by atoms with van der Waals surface area (Å²) in [5.41, 5.74) is 0.217. The van der Waals surface area contributed by atoms with Gasteiger partial charge >= 0.3 is 6.03 Å². The molecule has 7 heteroatoms. The highest BCUT2D eigenvalue weighted by Crippen LogP contribution is 2.33. The number of rotatable bonds is 6. The summed E-state index contributed by atoms with van der Waals surface area (Å²) in [5.74, 6) is 1.23. The normalized spacial score (nSPS) is 23.6. The molecule has 2 atom stereocenters. The molecule has 2 N–H and O–H groups in total. The van der Waals surface area contributed by atoms with Crippen LogP contribution in [-0.2, 0) is 9.59 Å². The molecule has 1 aromatic rings. The summed E-state index contributed by atoms with van der Waals surface area (Å²) in [4.78, 5) is 38.5. The molecule has 0 saturated carbocycles. The van der Waals surface area contributed by atoms with Crippen molar-refractivity contribution < 1.29 is 14.4 Å². The van der Waals surface area contributed by atoms with Crippen molar-refractivity contribution in [2.75, 3.05) is 18.1 Å². The highest BCUT2D eigenvalue weighted by atomic mass is 32.2. The van der Waals surface area contributed by atoms with Gasteiger partial charge in [0.15, 0.2) is 0 Å². The number of imide groups is 1. The van der Waals surface area contributed by atoms with Gasteiger partial charge in [0.05, 0.1) is 6.04 Å². The molecule has 0 bridgehead atoms. The van der Waals surface area contributed by atoms with E-state index in [2.05, 4.69) is 24.5 Å². The summed E-state index contributed by atoms with van der Waals surface area (Å²) in [6.45, 7) is 3.96. The van der Waals surface area contributed by atoms with Crippen molar-refractivity contribution in [2.45, 2.75) is 38.3 Å². The van der Waals surface area contributed by atoms with Crippen LogP contribution in [0.15, 0.2) is 30.3 Å². The van der Waals surface area contributed by atoms with Gasteiger partial charge in [-0.05, 0) is 30.1 Å². The monoisotopic (exact) mass is 375 g/mol. The Bertz CT molecular complexity index is 687. The van der Waals surface area contributed by atoms with Crippen LogP contribution in [0.3, 0.4) is 0 Å². The van der Waals surface area contributed by atoms with E-state index in [9.17, 15) is 14.4 Å². The maximum absolute atomic E-state index is 12.7. The highest BCUT2D eigenvalue weighted by molar-refractivity contribution is 7.99. The first-order chi connectivity index (χ1) is 12.4. The second-order valence-corrected chi connectivity index (χ2v) is 8.47. The zero-order valence-electron chi connectivity index (χ0n) is 15.2. The smallest absolute Gasteiger partial charge is 0.325 e. The first kappa shape index (κ1) is 18.8. The number of nitrogens with zero attached hydrogens (tertiary/aromatic N) is 1. The molecule has 1 aromatic carbocycles. The molecule has 0 aromatic heterocycles. The number of carbonyl (C=O) groups excluding carboxylic acids is 3. The largest absolute Gasteiger partial charge is 0.348 e. The van der Waals surface area contributed by atoms with E-state index in [4.69, 9.17) is 0 Å². The number of benzene rings is 1. The number of urea groups is 1. The van der Waals surface area contributed by atoms with E-state index in [-0.39, 0.29) is 24.4 Å². The number of hydrogen-bond acceptors (Lipinski definition) is 4. The van der Waals surface area contributed by atoms with Crippen LogP contribution < -0.4 is 10.6 Å². The molecule has 2 saturated heterocycles. The molecule has 2 aliphatic rings. The van der Waals surface area contributed by atoms with Gasteiger partial charge in [0.25, 0.3) is 5.91 Å². The third-order valence-electron chi connectivity index (χ3n) is 4.81. The molecule has 140 valence electrons. The molecule has 2 aliphatic heterocycles. The van der Waals surface area contributed by atoms with Gasteiger partial charge in [-0.1, -0.05) is 44.2 Å². The van der Waals surface area contributed by atoms with Crippen LogP contribution in [-0.4, -0.2) is 46.3 Å². The maximum Gasteiger partial charge on any atom is 0.325 e. The number of nitrogens with one attached hydrogen (secondary N) is 2. The first-order valence-corrected chi connectivity index (χ1v) is 10.1. The molecular formula is C19H25N3O3S. The molecule has 26 heavy (non-hydrogen) atoms. The van der Waals surface area contributed by atoms with Crippen LogP contribution in [0.4, 0.5) is 4.79 Å². The zero-order chi connectivity index (χ0) is 18.7. The van der Waals surface area contributed by atoms with Crippen LogP contribution in [0.2, 0.25) is 0 Å². The van der Waals surface area contributed by atoms with E-state index in [0.29, 0.717) is 18.1 Å². The fourth-order valence-electron chi connectivity index (χ4n) is 3.47. The standard InChI is InChI=1S/C19H25N3O3S/c1-13(2)10-15(14-6-4-3-5-7-14)20-16(23)11-22-17(24)19(21-18(22)25)8-9-26-12-19/h3-7,13,15H,8-12H2,1-2H3,(H,20,23)(H,21,25). The number of hydrogen-bond donors (Lipinski definition) is 2. The van der Waals surface area contributed by atoms with Crippen molar-refractivity contribution in [3.05, 3.63) is 35.9 Å². The molecular weight excluding hydrogens is 350 g/mol. The molecule has 0 aliphatic carbocycles. The molecule has 4 amide bonds. The Balaban J connectivity index is 1.67. The predicted octanol–water partition coefficient (Wildman–Crippen LogP) is 2.32. The number of carbonyl (C=O) groups is 3. The lowest BCUT2D eigenvalue weighted by Gasteiger charge is -2.23. The first-order valence-electron chi connectivity index (χ1n) is 8.97. The van der Waals surface area contributed by atoms with Gasteiger partial charge in [0, 0.05) is 5.75 Å². The van der Waals surface area contributed by atoms with Gasteiger partial charge in [-0.25, -0.2) is 4.79 Å². The minimum absolute atomic E-state index is 0.138. The molecule has 3 rings (SSSR count). The van der Waals surface area contributed by atoms with Crippen molar-refractivity contribution in [2.24, 2.45) is 5.92 Å². The van der Waals surface area contributed by atoms with E-state index < -0.39 is 11.6 Å². The topological polar surface area (TPSA) is 78.5 Å².